The van der Waals surface area contributed by atoms with Gasteiger partial charge in [0.1, 0.15) is 46.4 Å². The molecule has 1 amide bonds. The van der Waals surface area contributed by atoms with Gasteiger partial charge in [-0.05, 0) is 25.1 Å². The lowest BCUT2D eigenvalue weighted by Crippen LogP contribution is -2.49. The summed E-state index contributed by atoms with van der Waals surface area (Å²) in [6.45, 7) is 1.54. The van der Waals surface area contributed by atoms with Gasteiger partial charge >= 0.3 is 6.18 Å². The van der Waals surface area contributed by atoms with Crippen molar-refractivity contribution >= 4 is 28.3 Å². The van der Waals surface area contributed by atoms with Crippen LogP contribution in [0.1, 0.15) is 39.9 Å². The van der Waals surface area contributed by atoms with E-state index in [-0.39, 0.29) is 30.2 Å². The fraction of sp³-hybridized carbons (Fsp3) is 0.304. The molecule has 2 aliphatic heterocycles. The fourth-order valence-corrected chi connectivity index (χ4v) is 4.98. The number of hydrogen-bond donors (Lipinski definition) is 1. The number of aryl methyl sites for hydroxylation is 1. The maximum absolute atomic E-state index is 14.6. The van der Waals surface area contributed by atoms with E-state index >= 15 is 0 Å². The van der Waals surface area contributed by atoms with Gasteiger partial charge in [-0.3, -0.25) is 9.20 Å². The predicted octanol–water partition coefficient (Wildman–Crippen LogP) is 3.87. The molecule has 0 aliphatic carbocycles. The number of halogens is 4. The molecule has 8 nitrogen and oxygen atoms in total. The second-order valence-electron chi connectivity index (χ2n) is 8.72. The molecule has 0 bridgehead atoms. The van der Waals surface area contributed by atoms with Crippen LogP contribution in [0.3, 0.4) is 0 Å². The first-order chi connectivity index (χ1) is 16.6. The summed E-state index contributed by atoms with van der Waals surface area (Å²) >= 11 is 0. The van der Waals surface area contributed by atoms with Crippen molar-refractivity contribution in [2.75, 3.05) is 12.3 Å². The number of fused-ring (bicyclic) bond motifs is 6. The van der Waals surface area contributed by atoms with Crippen LogP contribution in [0.2, 0.25) is 0 Å². The zero-order valence-electron chi connectivity index (χ0n) is 18.3. The van der Waals surface area contributed by atoms with E-state index in [9.17, 15) is 22.4 Å². The van der Waals surface area contributed by atoms with Crippen molar-refractivity contribution < 1.29 is 27.1 Å². The van der Waals surface area contributed by atoms with Gasteiger partial charge in [-0.15, -0.1) is 0 Å². The molecular weight excluding hydrogens is 468 g/mol. The maximum Gasteiger partial charge on any atom is 0.416 e. The minimum absolute atomic E-state index is 0.00335. The van der Waals surface area contributed by atoms with Crippen LogP contribution in [-0.2, 0) is 6.18 Å². The first-order valence-corrected chi connectivity index (χ1v) is 10.8. The van der Waals surface area contributed by atoms with Crippen LogP contribution < -0.4 is 10.5 Å². The van der Waals surface area contributed by atoms with E-state index in [4.69, 9.17) is 10.5 Å². The topological polar surface area (TPSA) is 98.6 Å². The van der Waals surface area contributed by atoms with Crippen molar-refractivity contribution in [1.82, 2.24) is 24.3 Å². The Morgan fingerprint density at radius 3 is 2.74 bits per heavy atom. The number of rotatable bonds is 1. The zero-order valence-corrected chi connectivity index (χ0v) is 18.3. The third-order valence-electron chi connectivity index (χ3n) is 6.53. The van der Waals surface area contributed by atoms with Crippen LogP contribution in [0.4, 0.5) is 23.4 Å². The summed E-state index contributed by atoms with van der Waals surface area (Å²) in [4.78, 5) is 27.7. The number of ether oxygens (including phenoxy) is 1. The number of amides is 1. The van der Waals surface area contributed by atoms with Gasteiger partial charge in [-0.25, -0.2) is 19.3 Å². The van der Waals surface area contributed by atoms with Crippen LogP contribution >= 0.6 is 0 Å². The molecule has 0 saturated carbocycles. The van der Waals surface area contributed by atoms with Crippen LogP contribution in [0.15, 0.2) is 36.7 Å². The summed E-state index contributed by atoms with van der Waals surface area (Å²) in [5.41, 5.74) is 7.14. The largest absolute Gasteiger partial charge is 0.487 e. The highest BCUT2D eigenvalue weighted by Gasteiger charge is 2.47. The number of pyridine rings is 1. The molecule has 1 fully saturated rings. The average Bonchev–Trinajstić information content (AvgIpc) is 3.37. The third-order valence-corrected chi connectivity index (χ3v) is 6.53. The van der Waals surface area contributed by atoms with Crippen LogP contribution in [0, 0.1) is 6.92 Å². The molecular formula is C23H18F4N6O2. The van der Waals surface area contributed by atoms with E-state index in [1.807, 2.05) is 0 Å². The molecule has 6 rings (SSSR count). The summed E-state index contributed by atoms with van der Waals surface area (Å²) in [7, 11) is 0. The highest BCUT2D eigenvalue weighted by molar-refractivity contribution is 5.96. The molecule has 5 heterocycles. The number of nitrogen functional groups attached to an aromatic ring is 1. The quantitative estimate of drug-likeness (QED) is 0.410. The fourth-order valence-electron chi connectivity index (χ4n) is 4.98. The van der Waals surface area contributed by atoms with Gasteiger partial charge in [-0.1, -0.05) is 6.07 Å². The first-order valence-electron chi connectivity index (χ1n) is 10.8. The van der Waals surface area contributed by atoms with E-state index in [0.29, 0.717) is 27.9 Å². The van der Waals surface area contributed by atoms with Crippen LogP contribution in [0.5, 0.6) is 5.75 Å². The Balaban J connectivity index is 1.43. The number of benzene rings is 1. The van der Waals surface area contributed by atoms with Gasteiger partial charge < -0.3 is 15.4 Å². The van der Waals surface area contributed by atoms with E-state index in [0.717, 1.165) is 12.1 Å². The van der Waals surface area contributed by atoms with E-state index in [1.165, 1.54) is 23.2 Å². The molecule has 180 valence electrons. The van der Waals surface area contributed by atoms with Crippen molar-refractivity contribution in [2.24, 2.45) is 0 Å². The number of piperidine rings is 1. The smallest absolute Gasteiger partial charge is 0.416 e. The number of alkyl halides is 4. The van der Waals surface area contributed by atoms with Gasteiger partial charge in [0.05, 0.1) is 36.1 Å². The third kappa shape index (κ3) is 3.27. The Labute approximate surface area is 195 Å². The van der Waals surface area contributed by atoms with Gasteiger partial charge in [0.15, 0.2) is 0 Å². The average molecular weight is 486 g/mol. The molecule has 2 N–H and O–H groups in total. The molecule has 3 atom stereocenters. The molecule has 1 aromatic carbocycles. The predicted molar refractivity (Wildman–Crippen MR) is 117 cm³/mol. The molecule has 3 aromatic heterocycles. The Morgan fingerprint density at radius 2 is 1.97 bits per heavy atom. The lowest BCUT2D eigenvalue weighted by Gasteiger charge is -2.38. The second-order valence-corrected chi connectivity index (χ2v) is 8.72. The minimum atomic E-state index is -4.55. The molecule has 0 spiro atoms. The number of aromatic nitrogens is 4. The van der Waals surface area contributed by atoms with Crippen molar-refractivity contribution in [3.05, 3.63) is 59.3 Å². The summed E-state index contributed by atoms with van der Waals surface area (Å²) in [5.74, 6) is 0.326. The Hall–Kier alpha value is -3.96. The van der Waals surface area contributed by atoms with Gasteiger partial charge in [0, 0.05) is 12.0 Å². The zero-order chi connectivity index (χ0) is 24.6. The maximum atomic E-state index is 14.6. The SMILES string of the molecule is Cc1ncc2c(N)nc3cnc(C(=O)N4C[C@@H](F)C[C@@H]5Oc6cc(C(F)(F)F)ccc6[C@@H]54)cc3n12. The van der Waals surface area contributed by atoms with Crippen molar-refractivity contribution in [1.29, 1.82) is 0 Å². The minimum Gasteiger partial charge on any atom is -0.487 e. The van der Waals surface area contributed by atoms with Crippen molar-refractivity contribution in [3.63, 3.8) is 0 Å². The Morgan fingerprint density at radius 1 is 1.17 bits per heavy atom. The monoisotopic (exact) mass is 486 g/mol. The Bertz CT molecular complexity index is 1520. The van der Waals surface area contributed by atoms with Crippen molar-refractivity contribution in [2.45, 2.75) is 37.8 Å². The first kappa shape index (κ1) is 21.6. The van der Waals surface area contributed by atoms with Gasteiger partial charge in [0.25, 0.3) is 5.91 Å². The molecule has 4 aromatic rings. The summed E-state index contributed by atoms with van der Waals surface area (Å²) in [6, 6.07) is 3.93. The summed E-state index contributed by atoms with van der Waals surface area (Å²) < 4.78 is 61.6. The molecule has 1 saturated heterocycles. The standard InChI is InChI=1S/C23H18F4N6O2/c1-10-29-8-17-21(28)31-15-7-30-14(6-16(15)33(10)17)22(34)32-9-12(24)5-19-20(32)13-3-2-11(23(25,26)27)4-18(13)35-19/h2-4,6-8,12,19-20H,5,9H2,1H3,(H2,28,31)/t12-,19-,20-/m0/s1. The highest BCUT2D eigenvalue weighted by atomic mass is 19.4. The highest BCUT2D eigenvalue weighted by Crippen LogP contribution is 2.47. The summed E-state index contributed by atoms with van der Waals surface area (Å²) in [5, 5.41) is 0. The molecule has 0 unspecified atom stereocenters. The lowest BCUT2D eigenvalue weighted by atomic mass is 9.92. The summed E-state index contributed by atoms with van der Waals surface area (Å²) in [6.07, 6.45) is -3.81. The van der Waals surface area contributed by atoms with Gasteiger partial charge in [0.2, 0.25) is 0 Å². The van der Waals surface area contributed by atoms with Crippen LogP contribution in [-0.4, -0.2) is 49.0 Å². The van der Waals surface area contributed by atoms with E-state index in [2.05, 4.69) is 15.0 Å². The number of carbonyl (C=O) groups is 1. The van der Waals surface area contributed by atoms with Gasteiger partial charge in [-0.2, -0.15) is 13.2 Å². The number of nitrogens with zero attached hydrogens (tertiary/aromatic N) is 5. The normalized spacial score (nSPS) is 21.7. The van der Waals surface area contributed by atoms with E-state index in [1.54, 1.807) is 17.5 Å². The number of imidazole rings is 1. The lowest BCUT2D eigenvalue weighted by molar-refractivity contribution is -0.137. The Kier molecular flexibility index (Phi) is 4.48. The number of anilines is 1. The molecule has 0 radical (unpaired) electrons. The second kappa shape index (κ2) is 7.27. The number of carbonyl (C=O) groups excluding carboxylic acids is 1. The van der Waals surface area contributed by atoms with Crippen LogP contribution in [0.25, 0.3) is 16.6 Å². The number of nitrogens with two attached hydrogens (primary N) is 1. The number of hydrogen-bond acceptors (Lipinski definition) is 6. The number of likely N-dealkylation sites (tertiary alicyclic amines) is 1. The molecule has 12 heteroatoms. The molecule has 35 heavy (non-hydrogen) atoms. The van der Waals surface area contributed by atoms with Crippen molar-refractivity contribution in [3.8, 4) is 5.75 Å². The van der Waals surface area contributed by atoms with E-state index < -0.39 is 36.0 Å². The molecule has 2 aliphatic rings.